The normalized spacial score (nSPS) is 12.8. The van der Waals surface area contributed by atoms with Crippen LogP contribution in [0.5, 0.6) is 5.75 Å². The highest BCUT2D eigenvalue weighted by Crippen LogP contribution is 2.18. The van der Waals surface area contributed by atoms with E-state index >= 15 is 0 Å². The SMILES string of the molecule is CC(CN)SCc1ccc(O)cc1. The average molecular weight is 197 g/mol. The van der Waals surface area contributed by atoms with Gasteiger partial charge in [0.05, 0.1) is 0 Å². The predicted molar refractivity (Wildman–Crippen MR) is 57.9 cm³/mol. The van der Waals surface area contributed by atoms with Crippen molar-refractivity contribution in [3.05, 3.63) is 29.8 Å². The van der Waals surface area contributed by atoms with Crippen molar-refractivity contribution in [2.45, 2.75) is 17.9 Å². The van der Waals surface area contributed by atoms with Gasteiger partial charge in [-0.15, -0.1) is 0 Å². The first kappa shape index (κ1) is 10.4. The average Bonchev–Trinajstić information content (AvgIpc) is 2.16. The summed E-state index contributed by atoms with van der Waals surface area (Å²) >= 11 is 1.83. The number of benzene rings is 1. The van der Waals surface area contributed by atoms with Gasteiger partial charge < -0.3 is 10.8 Å². The topological polar surface area (TPSA) is 46.2 Å². The molecule has 0 aliphatic rings. The molecule has 1 aromatic carbocycles. The Bertz CT molecular complexity index is 248. The minimum Gasteiger partial charge on any atom is -0.508 e. The molecule has 0 aromatic heterocycles. The van der Waals surface area contributed by atoms with Gasteiger partial charge in [-0.2, -0.15) is 11.8 Å². The highest BCUT2D eigenvalue weighted by Gasteiger charge is 1.99. The van der Waals surface area contributed by atoms with Crippen molar-refractivity contribution < 1.29 is 5.11 Å². The molecule has 1 unspecified atom stereocenters. The van der Waals surface area contributed by atoms with E-state index in [0.29, 0.717) is 17.5 Å². The summed E-state index contributed by atoms with van der Waals surface area (Å²) in [6.07, 6.45) is 0. The minimum absolute atomic E-state index is 0.320. The molecule has 13 heavy (non-hydrogen) atoms. The molecule has 0 heterocycles. The molecule has 0 spiro atoms. The van der Waals surface area contributed by atoms with E-state index in [4.69, 9.17) is 10.8 Å². The zero-order valence-corrected chi connectivity index (χ0v) is 8.55. The van der Waals surface area contributed by atoms with Gasteiger partial charge in [-0.25, -0.2) is 0 Å². The summed E-state index contributed by atoms with van der Waals surface area (Å²) in [6, 6.07) is 7.29. The number of nitrogens with two attached hydrogens (primary N) is 1. The van der Waals surface area contributed by atoms with E-state index < -0.39 is 0 Å². The number of rotatable bonds is 4. The fraction of sp³-hybridized carbons (Fsp3) is 0.400. The molecule has 1 atom stereocenters. The van der Waals surface area contributed by atoms with Crippen LogP contribution >= 0.6 is 11.8 Å². The Morgan fingerprint density at radius 3 is 2.54 bits per heavy atom. The first-order valence-electron chi connectivity index (χ1n) is 4.32. The van der Waals surface area contributed by atoms with Crippen LogP contribution in [0.3, 0.4) is 0 Å². The molecule has 0 aliphatic heterocycles. The molecule has 0 radical (unpaired) electrons. The highest BCUT2D eigenvalue weighted by molar-refractivity contribution is 7.99. The van der Waals surface area contributed by atoms with Crippen molar-refractivity contribution in [3.8, 4) is 5.75 Å². The first-order chi connectivity index (χ1) is 6.22. The van der Waals surface area contributed by atoms with Crippen LogP contribution in [0.25, 0.3) is 0 Å². The Balaban J connectivity index is 2.41. The van der Waals surface area contributed by atoms with Gasteiger partial charge in [0.2, 0.25) is 0 Å². The van der Waals surface area contributed by atoms with Crippen LogP contribution in [0, 0.1) is 0 Å². The third kappa shape index (κ3) is 3.70. The minimum atomic E-state index is 0.320. The van der Waals surface area contributed by atoms with Gasteiger partial charge >= 0.3 is 0 Å². The fourth-order valence-electron chi connectivity index (χ4n) is 0.899. The molecule has 0 aliphatic carbocycles. The maximum atomic E-state index is 9.05. The van der Waals surface area contributed by atoms with Gasteiger partial charge in [-0.05, 0) is 17.7 Å². The summed E-state index contributed by atoms with van der Waals surface area (Å²) < 4.78 is 0. The number of phenolic OH excluding ortho intramolecular Hbond substituents is 1. The predicted octanol–water partition coefficient (Wildman–Crippen LogP) is 1.97. The van der Waals surface area contributed by atoms with Crippen LogP contribution in [0.1, 0.15) is 12.5 Å². The zero-order chi connectivity index (χ0) is 9.68. The number of thioether (sulfide) groups is 1. The van der Waals surface area contributed by atoms with Crippen LogP contribution in [0.2, 0.25) is 0 Å². The standard InChI is InChI=1S/C10H15NOS/c1-8(6-11)13-7-9-2-4-10(12)5-3-9/h2-5,8,12H,6-7,11H2,1H3. The lowest BCUT2D eigenvalue weighted by Crippen LogP contribution is -2.12. The molecule has 2 nitrogen and oxygen atoms in total. The molecule has 0 amide bonds. The van der Waals surface area contributed by atoms with Gasteiger partial charge in [0.15, 0.2) is 0 Å². The Kier molecular flexibility index (Phi) is 4.12. The third-order valence-corrected chi connectivity index (χ3v) is 3.06. The lowest BCUT2D eigenvalue weighted by molar-refractivity contribution is 0.475. The molecule has 1 rings (SSSR count). The molecule has 0 bridgehead atoms. The van der Waals surface area contributed by atoms with Crippen LogP contribution < -0.4 is 5.73 Å². The van der Waals surface area contributed by atoms with E-state index in [1.807, 2.05) is 23.9 Å². The lowest BCUT2D eigenvalue weighted by Gasteiger charge is -2.07. The Morgan fingerprint density at radius 2 is 2.00 bits per heavy atom. The van der Waals surface area contributed by atoms with E-state index in [0.717, 1.165) is 5.75 Å². The van der Waals surface area contributed by atoms with Gasteiger partial charge in [-0.1, -0.05) is 19.1 Å². The Labute approximate surface area is 83.1 Å². The summed E-state index contributed by atoms with van der Waals surface area (Å²) in [5, 5.41) is 9.55. The van der Waals surface area contributed by atoms with Crippen LogP contribution in [0.15, 0.2) is 24.3 Å². The van der Waals surface area contributed by atoms with Crippen LogP contribution in [0.4, 0.5) is 0 Å². The lowest BCUT2D eigenvalue weighted by atomic mass is 10.2. The van der Waals surface area contributed by atoms with Crippen molar-refractivity contribution >= 4 is 11.8 Å². The van der Waals surface area contributed by atoms with E-state index in [-0.39, 0.29) is 0 Å². The Hall–Kier alpha value is -0.670. The monoisotopic (exact) mass is 197 g/mol. The van der Waals surface area contributed by atoms with Crippen molar-refractivity contribution in [2.75, 3.05) is 6.54 Å². The van der Waals surface area contributed by atoms with E-state index in [9.17, 15) is 0 Å². The summed E-state index contributed by atoms with van der Waals surface area (Å²) in [5.74, 6) is 1.28. The molecule has 3 heteroatoms. The van der Waals surface area contributed by atoms with Crippen LogP contribution in [-0.4, -0.2) is 16.9 Å². The van der Waals surface area contributed by atoms with E-state index in [1.54, 1.807) is 12.1 Å². The van der Waals surface area contributed by atoms with Crippen molar-refractivity contribution in [1.82, 2.24) is 0 Å². The largest absolute Gasteiger partial charge is 0.508 e. The molecule has 1 aromatic rings. The quantitative estimate of drug-likeness (QED) is 0.775. The smallest absolute Gasteiger partial charge is 0.115 e. The number of hydrogen-bond donors (Lipinski definition) is 2. The summed E-state index contributed by atoms with van der Waals surface area (Å²) in [7, 11) is 0. The second-order valence-electron chi connectivity index (χ2n) is 3.02. The second kappa shape index (κ2) is 5.14. The van der Waals surface area contributed by atoms with Gasteiger partial charge in [0.25, 0.3) is 0 Å². The summed E-state index contributed by atoms with van der Waals surface area (Å²) in [4.78, 5) is 0. The fourth-order valence-corrected chi connectivity index (χ4v) is 1.70. The molecular formula is C10H15NOS. The third-order valence-electron chi connectivity index (χ3n) is 1.80. The van der Waals surface area contributed by atoms with Gasteiger partial charge in [0, 0.05) is 17.5 Å². The van der Waals surface area contributed by atoms with E-state index in [2.05, 4.69) is 6.92 Å². The Morgan fingerprint density at radius 1 is 1.38 bits per heavy atom. The summed E-state index contributed by atoms with van der Waals surface area (Å²) in [6.45, 7) is 2.83. The van der Waals surface area contributed by atoms with Crippen LogP contribution in [-0.2, 0) is 5.75 Å². The number of phenols is 1. The maximum Gasteiger partial charge on any atom is 0.115 e. The first-order valence-corrected chi connectivity index (χ1v) is 5.37. The second-order valence-corrected chi connectivity index (χ2v) is 4.45. The van der Waals surface area contributed by atoms with Crippen molar-refractivity contribution in [1.29, 1.82) is 0 Å². The molecular weight excluding hydrogens is 182 g/mol. The van der Waals surface area contributed by atoms with Gasteiger partial charge in [0.1, 0.15) is 5.75 Å². The van der Waals surface area contributed by atoms with E-state index in [1.165, 1.54) is 5.56 Å². The zero-order valence-electron chi connectivity index (χ0n) is 7.73. The maximum absolute atomic E-state index is 9.05. The molecule has 72 valence electrons. The number of aromatic hydroxyl groups is 1. The van der Waals surface area contributed by atoms with Crippen molar-refractivity contribution in [3.63, 3.8) is 0 Å². The molecule has 0 fully saturated rings. The number of hydrogen-bond acceptors (Lipinski definition) is 3. The molecule has 0 saturated carbocycles. The van der Waals surface area contributed by atoms with Crippen molar-refractivity contribution in [2.24, 2.45) is 5.73 Å². The summed E-state index contributed by atoms with van der Waals surface area (Å²) in [5.41, 5.74) is 6.72. The van der Waals surface area contributed by atoms with Gasteiger partial charge in [-0.3, -0.25) is 0 Å². The molecule has 0 saturated heterocycles. The highest BCUT2D eigenvalue weighted by atomic mass is 32.2. The molecule has 3 N–H and O–H groups in total.